The minimum atomic E-state index is 0.0978. The number of carbonyl (C=O) groups excluding carboxylic acids is 1. The molecule has 3 rings (SSSR count). The van der Waals surface area contributed by atoms with Gasteiger partial charge in [0.2, 0.25) is 0 Å². The molecular formula is C19H22N4OS. The average Bonchev–Trinajstić information content (AvgIpc) is 3.19. The zero-order chi connectivity index (χ0) is 17.8. The Bertz CT molecular complexity index is 881. The molecule has 0 spiro atoms. The fraction of sp³-hybridized carbons (Fsp3) is 0.316. The first-order valence-electron chi connectivity index (χ1n) is 8.37. The molecule has 0 aliphatic rings. The molecule has 6 heteroatoms. The molecule has 2 heterocycles. The number of hydrogen-bond acceptors (Lipinski definition) is 4. The number of hydrogen-bond donors (Lipinski definition) is 0. The van der Waals surface area contributed by atoms with E-state index in [1.807, 2.05) is 42.1 Å². The van der Waals surface area contributed by atoms with Crippen molar-refractivity contribution in [3.05, 3.63) is 53.9 Å². The van der Waals surface area contributed by atoms with Crippen molar-refractivity contribution in [1.82, 2.24) is 19.3 Å². The van der Waals surface area contributed by atoms with Gasteiger partial charge < -0.3 is 9.13 Å². The van der Waals surface area contributed by atoms with Crippen molar-refractivity contribution < 1.29 is 4.79 Å². The van der Waals surface area contributed by atoms with E-state index in [2.05, 4.69) is 40.7 Å². The highest BCUT2D eigenvalue weighted by molar-refractivity contribution is 7.99. The Labute approximate surface area is 152 Å². The van der Waals surface area contributed by atoms with Crippen LogP contribution in [0.5, 0.6) is 0 Å². The van der Waals surface area contributed by atoms with Gasteiger partial charge in [-0.05, 0) is 31.5 Å². The predicted octanol–water partition coefficient (Wildman–Crippen LogP) is 3.98. The molecule has 0 atom stereocenters. The molecule has 0 aliphatic carbocycles. The second-order valence-corrected chi connectivity index (χ2v) is 6.99. The van der Waals surface area contributed by atoms with E-state index < -0.39 is 0 Å². The molecule has 0 aliphatic heterocycles. The van der Waals surface area contributed by atoms with Gasteiger partial charge in [0.25, 0.3) is 0 Å². The quantitative estimate of drug-likeness (QED) is 0.476. The number of rotatable bonds is 7. The first kappa shape index (κ1) is 17.5. The van der Waals surface area contributed by atoms with E-state index >= 15 is 0 Å². The molecule has 25 heavy (non-hydrogen) atoms. The standard InChI is InChI=1S/C19H22N4OS/c1-4-10-23-18(15-8-5-7-14(2)12-15)20-21-19(23)25-13-17(24)16-9-6-11-22(16)3/h5-9,11-12H,4,10,13H2,1-3H3. The maximum Gasteiger partial charge on any atom is 0.191 e. The lowest BCUT2D eigenvalue weighted by molar-refractivity contribution is 0.101. The van der Waals surface area contributed by atoms with Crippen LogP contribution in [0.2, 0.25) is 0 Å². The Morgan fingerprint density at radius 1 is 1.20 bits per heavy atom. The lowest BCUT2D eigenvalue weighted by atomic mass is 10.1. The molecule has 0 N–H and O–H groups in total. The third-order valence-corrected chi connectivity index (χ3v) is 4.97. The molecule has 0 fully saturated rings. The fourth-order valence-corrected chi connectivity index (χ4v) is 3.61. The molecule has 0 unspecified atom stereocenters. The maximum absolute atomic E-state index is 12.4. The van der Waals surface area contributed by atoms with Gasteiger partial charge in [-0.15, -0.1) is 10.2 Å². The summed E-state index contributed by atoms with van der Waals surface area (Å²) in [4.78, 5) is 12.4. The minimum Gasteiger partial charge on any atom is -0.348 e. The molecule has 2 aromatic heterocycles. The molecule has 1 aromatic carbocycles. The number of thioether (sulfide) groups is 1. The first-order valence-corrected chi connectivity index (χ1v) is 9.36. The third-order valence-electron chi connectivity index (χ3n) is 4.00. The molecule has 5 nitrogen and oxygen atoms in total. The van der Waals surface area contributed by atoms with Gasteiger partial charge in [-0.1, -0.05) is 42.4 Å². The van der Waals surface area contributed by atoms with Gasteiger partial charge in [0.15, 0.2) is 16.8 Å². The maximum atomic E-state index is 12.4. The van der Waals surface area contributed by atoms with Crippen molar-refractivity contribution in [2.75, 3.05) is 5.75 Å². The predicted molar refractivity (Wildman–Crippen MR) is 101 cm³/mol. The van der Waals surface area contributed by atoms with Crippen LogP contribution in [0.15, 0.2) is 47.8 Å². The summed E-state index contributed by atoms with van der Waals surface area (Å²) in [5, 5.41) is 9.51. The largest absolute Gasteiger partial charge is 0.348 e. The van der Waals surface area contributed by atoms with E-state index in [1.165, 1.54) is 17.3 Å². The highest BCUT2D eigenvalue weighted by atomic mass is 32.2. The number of aromatic nitrogens is 4. The van der Waals surface area contributed by atoms with Crippen LogP contribution in [0.25, 0.3) is 11.4 Å². The first-order chi connectivity index (χ1) is 12.1. The summed E-state index contributed by atoms with van der Waals surface area (Å²) in [5.74, 6) is 1.31. The highest BCUT2D eigenvalue weighted by Gasteiger charge is 2.16. The zero-order valence-electron chi connectivity index (χ0n) is 14.8. The summed E-state index contributed by atoms with van der Waals surface area (Å²) in [6, 6.07) is 12.0. The van der Waals surface area contributed by atoms with Crippen molar-refractivity contribution in [2.24, 2.45) is 7.05 Å². The Balaban J connectivity index is 1.82. The van der Waals surface area contributed by atoms with E-state index in [4.69, 9.17) is 0 Å². The summed E-state index contributed by atoms with van der Waals surface area (Å²) >= 11 is 1.45. The summed E-state index contributed by atoms with van der Waals surface area (Å²) in [6.07, 6.45) is 2.86. The van der Waals surface area contributed by atoms with Crippen LogP contribution in [-0.4, -0.2) is 30.9 Å². The number of benzene rings is 1. The fourth-order valence-electron chi connectivity index (χ4n) is 2.77. The van der Waals surface area contributed by atoms with Crippen LogP contribution in [0.3, 0.4) is 0 Å². The number of nitrogens with zero attached hydrogens (tertiary/aromatic N) is 4. The Morgan fingerprint density at radius 3 is 2.72 bits per heavy atom. The highest BCUT2D eigenvalue weighted by Crippen LogP contribution is 2.25. The summed E-state index contributed by atoms with van der Waals surface area (Å²) in [7, 11) is 1.88. The Hall–Kier alpha value is -2.34. The summed E-state index contributed by atoms with van der Waals surface area (Å²) in [6.45, 7) is 5.03. The number of ketones is 1. The number of carbonyl (C=O) groups is 1. The molecule has 0 saturated heterocycles. The average molecular weight is 354 g/mol. The van der Waals surface area contributed by atoms with E-state index in [0.717, 1.165) is 29.5 Å². The lowest BCUT2D eigenvalue weighted by Crippen LogP contribution is -2.09. The van der Waals surface area contributed by atoms with Gasteiger partial charge in [-0.25, -0.2) is 0 Å². The van der Waals surface area contributed by atoms with E-state index in [9.17, 15) is 4.79 Å². The molecule has 0 bridgehead atoms. The normalized spacial score (nSPS) is 11.0. The van der Waals surface area contributed by atoms with Gasteiger partial charge in [0.05, 0.1) is 11.4 Å². The molecule has 0 amide bonds. The zero-order valence-corrected chi connectivity index (χ0v) is 15.6. The summed E-state index contributed by atoms with van der Waals surface area (Å²) in [5.41, 5.74) is 2.96. The van der Waals surface area contributed by atoms with E-state index in [0.29, 0.717) is 11.4 Å². The molecule has 0 saturated carbocycles. The van der Waals surface area contributed by atoms with Crippen molar-refractivity contribution in [2.45, 2.75) is 32.0 Å². The van der Waals surface area contributed by atoms with Crippen LogP contribution >= 0.6 is 11.8 Å². The van der Waals surface area contributed by atoms with Gasteiger partial charge in [-0.2, -0.15) is 0 Å². The van der Waals surface area contributed by atoms with Crippen LogP contribution in [-0.2, 0) is 13.6 Å². The van der Waals surface area contributed by atoms with Gasteiger partial charge >= 0.3 is 0 Å². The second kappa shape index (κ2) is 7.70. The monoisotopic (exact) mass is 354 g/mol. The van der Waals surface area contributed by atoms with E-state index in [1.54, 1.807) is 0 Å². The van der Waals surface area contributed by atoms with E-state index in [-0.39, 0.29) is 5.78 Å². The third kappa shape index (κ3) is 3.85. The summed E-state index contributed by atoms with van der Waals surface area (Å²) < 4.78 is 3.95. The smallest absolute Gasteiger partial charge is 0.191 e. The Morgan fingerprint density at radius 2 is 2.04 bits per heavy atom. The minimum absolute atomic E-state index is 0.0978. The topological polar surface area (TPSA) is 52.7 Å². The molecule has 0 radical (unpaired) electrons. The Kier molecular flexibility index (Phi) is 5.38. The van der Waals surface area contributed by atoms with Crippen LogP contribution in [0.1, 0.15) is 29.4 Å². The van der Waals surface area contributed by atoms with Gasteiger partial charge in [0, 0.05) is 25.4 Å². The second-order valence-electron chi connectivity index (χ2n) is 6.04. The van der Waals surface area contributed by atoms with Crippen molar-refractivity contribution >= 4 is 17.5 Å². The van der Waals surface area contributed by atoms with Crippen LogP contribution in [0.4, 0.5) is 0 Å². The molecule has 130 valence electrons. The number of aryl methyl sites for hydroxylation is 2. The van der Waals surface area contributed by atoms with Crippen molar-refractivity contribution in [3.63, 3.8) is 0 Å². The lowest BCUT2D eigenvalue weighted by Gasteiger charge is -2.09. The van der Waals surface area contributed by atoms with Crippen molar-refractivity contribution in [1.29, 1.82) is 0 Å². The number of Topliss-reactive ketones (excluding diaryl/α,β-unsaturated/α-hetero) is 1. The molecule has 3 aromatic rings. The SMILES string of the molecule is CCCn1c(SCC(=O)c2cccn2C)nnc1-c1cccc(C)c1. The van der Waals surface area contributed by atoms with Crippen molar-refractivity contribution in [3.8, 4) is 11.4 Å². The molecular weight excluding hydrogens is 332 g/mol. The van der Waals surface area contributed by atoms with Gasteiger partial charge in [-0.3, -0.25) is 4.79 Å². The van der Waals surface area contributed by atoms with Crippen LogP contribution in [0, 0.1) is 6.92 Å². The van der Waals surface area contributed by atoms with Gasteiger partial charge in [0.1, 0.15) is 0 Å². The van der Waals surface area contributed by atoms with Crippen LogP contribution < -0.4 is 0 Å².